The first-order chi connectivity index (χ1) is 28.3. The number of rotatable bonds is 11. The third-order valence-electron chi connectivity index (χ3n) is 13.1. The normalized spacial score (nSPS) is 23.0. The van der Waals surface area contributed by atoms with Gasteiger partial charge in [0.15, 0.2) is 0 Å². The maximum atomic E-state index is 13.9. The Balaban J connectivity index is 0.861. The van der Waals surface area contributed by atoms with Crippen molar-refractivity contribution in [3.8, 4) is 11.1 Å². The molecule has 304 valence electrons. The molecule has 0 unspecified atom stereocenters. The molecule has 0 radical (unpaired) electrons. The van der Waals surface area contributed by atoms with E-state index in [0.29, 0.717) is 25.9 Å². The van der Waals surface area contributed by atoms with Crippen LogP contribution in [0.5, 0.6) is 0 Å². The van der Waals surface area contributed by atoms with Crippen LogP contribution in [0.3, 0.4) is 0 Å². The molecule has 12 heteroatoms. The number of methoxy groups -OCH3 is 2. The van der Waals surface area contributed by atoms with Gasteiger partial charge >= 0.3 is 12.2 Å². The summed E-state index contributed by atoms with van der Waals surface area (Å²) in [5, 5.41) is 5.69. The molecule has 4 amide bonds. The molecular weight excluding hydrogens is 733 g/mol. The minimum atomic E-state index is -0.604. The smallest absolute Gasteiger partial charge is 0.407 e. The second-order valence-corrected chi connectivity index (χ2v) is 16.4. The number of ether oxygens (including phenoxy) is 2. The van der Waals surface area contributed by atoms with Crippen LogP contribution in [0.1, 0.15) is 88.2 Å². The highest BCUT2D eigenvalue weighted by Crippen LogP contribution is 2.36. The van der Waals surface area contributed by atoms with Crippen molar-refractivity contribution in [2.75, 3.05) is 27.3 Å². The SMILES string of the molecule is COC(=O)N[C@H](C(=O)N1CC=C[C@H]1C1=NC=C(c2ccc(-c3ccc(C4=CN=C([C@@H]5CCCN5C(=O)[C@@H](NC(=O)OC)C5CCCC5)C4)cc3)cc2)C1)C1CCCC1. The summed E-state index contributed by atoms with van der Waals surface area (Å²) in [7, 11) is 2.66. The largest absolute Gasteiger partial charge is 0.453 e. The van der Waals surface area contributed by atoms with E-state index in [1.165, 1.54) is 14.2 Å². The van der Waals surface area contributed by atoms with E-state index in [0.717, 1.165) is 109 Å². The van der Waals surface area contributed by atoms with Crippen LogP contribution in [-0.2, 0) is 19.1 Å². The fourth-order valence-corrected chi connectivity index (χ4v) is 9.87. The molecule has 0 aromatic heterocycles. The minimum absolute atomic E-state index is 0.0214. The Labute approximate surface area is 340 Å². The highest BCUT2D eigenvalue weighted by atomic mass is 16.5. The summed E-state index contributed by atoms with van der Waals surface area (Å²) in [6.07, 6.45) is 17.8. The van der Waals surface area contributed by atoms with Crippen molar-refractivity contribution in [2.45, 2.75) is 101 Å². The number of nitrogens with zero attached hydrogens (tertiary/aromatic N) is 4. The molecule has 0 spiro atoms. The van der Waals surface area contributed by atoms with E-state index in [1.54, 1.807) is 0 Å². The van der Waals surface area contributed by atoms with Crippen LogP contribution in [0.25, 0.3) is 22.3 Å². The molecule has 8 rings (SSSR count). The van der Waals surface area contributed by atoms with Gasteiger partial charge in [-0.2, -0.15) is 0 Å². The van der Waals surface area contributed by atoms with Crippen LogP contribution in [0.4, 0.5) is 9.59 Å². The number of aliphatic imine (C=N–C) groups is 2. The van der Waals surface area contributed by atoms with Crippen molar-refractivity contribution in [1.82, 2.24) is 20.4 Å². The minimum Gasteiger partial charge on any atom is -0.453 e. The Morgan fingerprint density at radius 1 is 0.621 bits per heavy atom. The summed E-state index contributed by atoms with van der Waals surface area (Å²) < 4.78 is 9.74. The summed E-state index contributed by atoms with van der Waals surface area (Å²) >= 11 is 0. The third kappa shape index (κ3) is 8.24. The van der Waals surface area contributed by atoms with E-state index in [1.807, 2.05) is 34.4 Å². The van der Waals surface area contributed by atoms with E-state index in [4.69, 9.17) is 19.5 Å². The fourth-order valence-electron chi connectivity index (χ4n) is 9.87. The number of hydrogen-bond acceptors (Lipinski definition) is 8. The fraction of sp³-hybridized carbons (Fsp3) is 0.478. The van der Waals surface area contributed by atoms with Crippen LogP contribution in [0, 0.1) is 11.8 Å². The number of allylic oxidation sites excluding steroid dienone is 2. The zero-order valence-electron chi connectivity index (χ0n) is 33.5. The predicted molar refractivity (Wildman–Crippen MR) is 224 cm³/mol. The summed E-state index contributed by atoms with van der Waals surface area (Å²) in [6, 6.07) is 15.6. The van der Waals surface area contributed by atoms with Gasteiger partial charge in [0.05, 0.1) is 26.3 Å². The quantitative estimate of drug-likeness (QED) is 0.229. The van der Waals surface area contributed by atoms with Gasteiger partial charge in [0.25, 0.3) is 0 Å². The maximum Gasteiger partial charge on any atom is 0.407 e. The van der Waals surface area contributed by atoms with Gasteiger partial charge in [-0.05, 0) is 83.8 Å². The second-order valence-electron chi connectivity index (χ2n) is 16.4. The maximum absolute atomic E-state index is 13.9. The molecule has 1 saturated heterocycles. The molecule has 12 nitrogen and oxygen atoms in total. The molecule has 3 fully saturated rings. The number of benzene rings is 2. The number of hydrogen-bond donors (Lipinski definition) is 2. The Morgan fingerprint density at radius 3 is 1.60 bits per heavy atom. The Hall–Kier alpha value is -5.52. The van der Waals surface area contributed by atoms with Crippen molar-refractivity contribution in [1.29, 1.82) is 0 Å². The Morgan fingerprint density at radius 2 is 1.09 bits per heavy atom. The lowest BCUT2D eigenvalue weighted by atomic mass is 9.94. The highest BCUT2D eigenvalue weighted by molar-refractivity contribution is 6.05. The molecule has 6 aliphatic rings. The standard InChI is InChI=1S/C46H54N6O6/c1-57-45(55)49-41(33-9-3-4-10-33)43(53)51-23-7-13-39(51)37-25-35(27-47-37)31-19-15-29(16-20-31)30-17-21-32(22-18-30)36-26-38(48-28-36)40-14-8-24-52(40)44(54)42(50-46(56)58-2)34-11-5-6-12-34/h7,13,15-22,27-28,33-34,39-42H,3-6,8-12,14,23-26H2,1-2H3,(H,49,55)(H,50,56)/t39-,40-,41-,42-/m0/s1. The predicted octanol–water partition coefficient (Wildman–Crippen LogP) is 7.31. The number of carbonyl (C=O) groups is 4. The second kappa shape index (κ2) is 17.5. The molecule has 0 bridgehead atoms. The van der Waals surface area contributed by atoms with E-state index in [2.05, 4.69) is 59.2 Å². The number of nitrogens with one attached hydrogen (secondary N) is 2. The number of amides is 4. The van der Waals surface area contributed by atoms with Crippen molar-refractivity contribution < 1.29 is 28.7 Å². The first-order valence-corrected chi connectivity index (χ1v) is 21.0. The number of alkyl carbamates (subject to hydrolysis) is 2. The summed E-state index contributed by atoms with van der Waals surface area (Å²) in [4.78, 5) is 65.6. The third-order valence-corrected chi connectivity index (χ3v) is 13.1. The van der Waals surface area contributed by atoms with Gasteiger partial charge in [-0.25, -0.2) is 9.59 Å². The van der Waals surface area contributed by atoms with E-state index < -0.39 is 24.3 Å². The van der Waals surface area contributed by atoms with E-state index in [-0.39, 0.29) is 35.7 Å². The Bertz CT molecular complexity index is 2040. The molecule has 2 aromatic carbocycles. The van der Waals surface area contributed by atoms with Gasteiger partial charge in [0, 0.05) is 49.8 Å². The van der Waals surface area contributed by atoms with Crippen LogP contribution in [0.15, 0.2) is 83.1 Å². The van der Waals surface area contributed by atoms with Crippen LogP contribution in [-0.4, -0.2) is 96.7 Å². The van der Waals surface area contributed by atoms with Gasteiger partial charge in [0.1, 0.15) is 12.1 Å². The first kappa shape index (κ1) is 39.3. The lowest BCUT2D eigenvalue weighted by Crippen LogP contribution is -2.54. The molecule has 2 aliphatic carbocycles. The zero-order valence-corrected chi connectivity index (χ0v) is 33.5. The zero-order chi connectivity index (χ0) is 40.2. The average molecular weight is 787 g/mol. The highest BCUT2D eigenvalue weighted by Gasteiger charge is 2.42. The van der Waals surface area contributed by atoms with Gasteiger partial charge in [-0.3, -0.25) is 19.6 Å². The van der Waals surface area contributed by atoms with Gasteiger partial charge < -0.3 is 29.9 Å². The first-order valence-electron chi connectivity index (χ1n) is 21.0. The summed E-state index contributed by atoms with van der Waals surface area (Å²) in [5.74, 6) is 0.134. The Kier molecular flexibility index (Phi) is 11.9. The van der Waals surface area contributed by atoms with Crippen molar-refractivity contribution in [3.05, 3.63) is 84.2 Å². The molecule has 4 heterocycles. The molecule has 2 saturated carbocycles. The van der Waals surface area contributed by atoms with Crippen LogP contribution < -0.4 is 10.6 Å². The summed E-state index contributed by atoms with van der Waals surface area (Å²) in [6.45, 7) is 1.15. The van der Waals surface area contributed by atoms with Crippen molar-refractivity contribution >= 4 is 46.6 Å². The molecule has 2 N–H and O–H groups in total. The average Bonchev–Trinajstić information content (AvgIpc) is 4.11. The molecule has 4 atom stereocenters. The van der Waals surface area contributed by atoms with Crippen LogP contribution >= 0.6 is 0 Å². The monoisotopic (exact) mass is 786 g/mol. The lowest BCUT2D eigenvalue weighted by molar-refractivity contribution is -0.135. The van der Waals surface area contributed by atoms with E-state index >= 15 is 0 Å². The van der Waals surface area contributed by atoms with Crippen LogP contribution in [0.2, 0.25) is 0 Å². The van der Waals surface area contributed by atoms with Crippen molar-refractivity contribution in [2.24, 2.45) is 21.8 Å². The molecular formula is C46H54N6O6. The van der Waals surface area contributed by atoms with Gasteiger partial charge in [0.2, 0.25) is 11.8 Å². The number of likely N-dealkylation sites (tertiary alicyclic amines) is 1. The van der Waals surface area contributed by atoms with Gasteiger partial charge in [-0.1, -0.05) is 86.4 Å². The molecule has 58 heavy (non-hydrogen) atoms. The van der Waals surface area contributed by atoms with Gasteiger partial charge in [-0.15, -0.1) is 0 Å². The van der Waals surface area contributed by atoms with Crippen molar-refractivity contribution in [3.63, 3.8) is 0 Å². The topological polar surface area (TPSA) is 142 Å². The number of carbonyl (C=O) groups excluding carboxylic acids is 4. The summed E-state index contributed by atoms with van der Waals surface area (Å²) in [5.41, 5.74) is 8.57. The van der Waals surface area contributed by atoms with E-state index in [9.17, 15) is 19.2 Å². The molecule has 4 aliphatic heterocycles. The molecule has 2 aromatic rings. The lowest BCUT2D eigenvalue weighted by Gasteiger charge is -2.32.